The zero-order valence-corrected chi connectivity index (χ0v) is 12.8. The molecule has 2 rings (SSSR count). The van der Waals surface area contributed by atoms with Crippen LogP contribution in [0, 0.1) is 6.92 Å². The maximum atomic E-state index is 5.27. The number of ether oxygens (including phenoxy) is 1. The molecule has 0 aliphatic carbocycles. The quantitative estimate of drug-likeness (QED) is 0.869. The largest absolute Gasteiger partial charge is 0.497 e. The third-order valence-electron chi connectivity index (χ3n) is 3.28. The fourth-order valence-electron chi connectivity index (χ4n) is 2.15. The highest BCUT2D eigenvalue weighted by Gasteiger charge is 2.12. The van der Waals surface area contributed by atoms with Crippen molar-refractivity contribution >= 4 is 11.3 Å². The Bertz CT molecular complexity index is 535. The number of aryl methyl sites for hydroxylation is 1. The lowest BCUT2D eigenvalue weighted by Crippen LogP contribution is -2.21. The summed E-state index contributed by atoms with van der Waals surface area (Å²) in [5.41, 5.74) is 1.25. The van der Waals surface area contributed by atoms with Crippen LogP contribution in [0.2, 0.25) is 0 Å². The van der Waals surface area contributed by atoms with Gasteiger partial charge in [-0.1, -0.05) is 12.1 Å². The molecule has 1 N–H and O–H groups in total. The van der Waals surface area contributed by atoms with Gasteiger partial charge in [-0.25, -0.2) is 0 Å². The first-order valence-corrected chi connectivity index (χ1v) is 7.38. The van der Waals surface area contributed by atoms with E-state index in [9.17, 15) is 0 Å². The Morgan fingerprint density at radius 1 is 1.11 bits per heavy atom. The van der Waals surface area contributed by atoms with Gasteiger partial charge < -0.3 is 10.1 Å². The first-order chi connectivity index (χ1) is 9.10. The van der Waals surface area contributed by atoms with Gasteiger partial charge in [0.1, 0.15) is 5.75 Å². The van der Waals surface area contributed by atoms with E-state index in [4.69, 9.17) is 4.74 Å². The van der Waals surface area contributed by atoms with Crippen LogP contribution in [0.25, 0.3) is 0 Å². The molecule has 3 heteroatoms. The van der Waals surface area contributed by atoms with Crippen LogP contribution >= 0.6 is 11.3 Å². The van der Waals surface area contributed by atoms with E-state index in [-0.39, 0.29) is 0 Å². The molecule has 0 bridgehead atoms. The SMILES string of the molecule is COc1cccc([C@H](C)NC(C)c2ccc(C)s2)c1. The maximum absolute atomic E-state index is 5.27. The van der Waals surface area contributed by atoms with Crippen LogP contribution in [-0.4, -0.2) is 7.11 Å². The standard InChI is InChI=1S/C16H21NOS/c1-11-8-9-16(19-11)13(3)17-12(2)14-6-5-7-15(10-14)18-4/h5-10,12-13,17H,1-4H3/t12-,13?/m0/s1. The lowest BCUT2D eigenvalue weighted by Gasteiger charge is -2.20. The topological polar surface area (TPSA) is 21.3 Å². The van der Waals surface area contributed by atoms with Gasteiger partial charge in [-0.2, -0.15) is 0 Å². The summed E-state index contributed by atoms with van der Waals surface area (Å²) in [6, 6.07) is 13.3. The number of hydrogen-bond acceptors (Lipinski definition) is 3. The summed E-state index contributed by atoms with van der Waals surface area (Å²) >= 11 is 1.85. The first-order valence-electron chi connectivity index (χ1n) is 6.56. The van der Waals surface area contributed by atoms with Gasteiger partial charge in [-0.05, 0) is 50.6 Å². The zero-order chi connectivity index (χ0) is 13.8. The molecule has 102 valence electrons. The Hall–Kier alpha value is -1.32. The van der Waals surface area contributed by atoms with Crippen LogP contribution in [0.5, 0.6) is 5.75 Å². The summed E-state index contributed by atoms with van der Waals surface area (Å²) in [6.07, 6.45) is 0. The number of rotatable bonds is 5. The van der Waals surface area contributed by atoms with Crippen LogP contribution in [-0.2, 0) is 0 Å². The number of nitrogens with one attached hydrogen (secondary N) is 1. The molecule has 1 heterocycles. The second-order valence-corrected chi connectivity index (χ2v) is 6.15. The zero-order valence-electron chi connectivity index (χ0n) is 11.9. The van der Waals surface area contributed by atoms with Crippen molar-refractivity contribution in [2.45, 2.75) is 32.9 Å². The van der Waals surface area contributed by atoms with E-state index < -0.39 is 0 Å². The molecule has 0 saturated carbocycles. The van der Waals surface area contributed by atoms with Crippen LogP contribution in [0.3, 0.4) is 0 Å². The third-order valence-corrected chi connectivity index (χ3v) is 4.47. The predicted octanol–water partition coefficient (Wildman–Crippen LogP) is 4.48. The van der Waals surface area contributed by atoms with Crippen molar-refractivity contribution in [3.63, 3.8) is 0 Å². The monoisotopic (exact) mass is 275 g/mol. The van der Waals surface area contributed by atoms with Crippen molar-refractivity contribution in [3.05, 3.63) is 51.7 Å². The average Bonchev–Trinajstić information content (AvgIpc) is 2.85. The van der Waals surface area contributed by atoms with E-state index in [0.29, 0.717) is 12.1 Å². The Balaban J connectivity index is 2.05. The fraction of sp³-hybridized carbons (Fsp3) is 0.375. The van der Waals surface area contributed by atoms with Crippen LogP contribution in [0.4, 0.5) is 0 Å². The molecule has 0 spiro atoms. The number of thiophene rings is 1. The first kappa shape index (κ1) is 14.1. The molecule has 1 unspecified atom stereocenters. The van der Waals surface area contributed by atoms with Gasteiger partial charge in [0.05, 0.1) is 7.11 Å². The minimum atomic E-state index is 0.299. The lowest BCUT2D eigenvalue weighted by molar-refractivity contribution is 0.412. The van der Waals surface area contributed by atoms with Crippen LogP contribution < -0.4 is 10.1 Å². The summed E-state index contributed by atoms with van der Waals surface area (Å²) in [7, 11) is 1.70. The summed E-state index contributed by atoms with van der Waals surface area (Å²) in [4.78, 5) is 2.74. The third kappa shape index (κ3) is 3.58. The van der Waals surface area contributed by atoms with Gasteiger partial charge in [0.15, 0.2) is 0 Å². The summed E-state index contributed by atoms with van der Waals surface area (Å²) in [6.45, 7) is 6.54. The fourth-order valence-corrected chi connectivity index (χ4v) is 3.04. The van der Waals surface area contributed by atoms with Crippen molar-refractivity contribution in [1.29, 1.82) is 0 Å². The second-order valence-electron chi connectivity index (χ2n) is 4.84. The highest BCUT2D eigenvalue weighted by Crippen LogP contribution is 2.26. The van der Waals surface area contributed by atoms with E-state index in [1.165, 1.54) is 15.3 Å². The maximum Gasteiger partial charge on any atom is 0.119 e. The smallest absolute Gasteiger partial charge is 0.119 e. The second kappa shape index (κ2) is 6.22. The molecule has 19 heavy (non-hydrogen) atoms. The van der Waals surface area contributed by atoms with Crippen LogP contribution in [0.1, 0.15) is 41.2 Å². The molecular weight excluding hydrogens is 254 g/mol. The van der Waals surface area contributed by atoms with Crippen molar-refractivity contribution in [2.24, 2.45) is 0 Å². The molecule has 2 nitrogen and oxygen atoms in total. The number of benzene rings is 1. The van der Waals surface area contributed by atoms with Gasteiger partial charge in [-0.3, -0.25) is 0 Å². The van der Waals surface area contributed by atoms with E-state index >= 15 is 0 Å². The predicted molar refractivity (Wildman–Crippen MR) is 82.0 cm³/mol. The highest BCUT2D eigenvalue weighted by molar-refractivity contribution is 7.12. The summed E-state index contributed by atoms with van der Waals surface area (Å²) < 4.78 is 5.27. The molecule has 2 aromatic rings. The molecule has 1 aromatic heterocycles. The molecule has 0 aliphatic rings. The van der Waals surface area contributed by atoms with E-state index in [1.807, 2.05) is 23.5 Å². The molecule has 1 aromatic carbocycles. The van der Waals surface area contributed by atoms with Gasteiger partial charge in [0, 0.05) is 21.8 Å². The van der Waals surface area contributed by atoms with Gasteiger partial charge in [-0.15, -0.1) is 11.3 Å². The van der Waals surface area contributed by atoms with Crippen molar-refractivity contribution in [3.8, 4) is 5.75 Å². The van der Waals surface area contributed by atoms with Gasteiger partial charge in [0.25, 0.3) is 0 Å². The minimum Gasteiger partial charge on any atom is -0.497 e. The van der Waals surface area contributed by atoms with Crippen LogP contribution in [0.15, 0.2) is 36.4 Å². The molecule has 0 fully saturated rings. The average molecular weight is 275 g/mol. The van der Waals surface area contributed by atoms with Crippen molar-refractivity contribution in [2.75, 3.05) is 7.11 Å². The minimum absolute atomic E-state index is 0.299. The van der Waals surface area contributed by atoms with E-state index in [0.717, 1.165) is 5.75 Å². The number of methoxy groups -OCH3 is 1. The van der Waals surface area contributed by atoms with E-state index in [2.05, 4.69) is 50.4 Å². The van der Waals surface area contributed by atoms with Gasteiger partial charge >= 0.3 is 0 Å². The Morgan fingerprint density at radius 2 is 1.89 bits per heavy atom. The van der Waals surface area contributed by atoms with Crippen molar-refractivity contribution in [1.82, 2.24) is 5.32 Å². The van der Waals surface area contributed by atoms with Gasteiger partial charge in [0.2, 0.25) is 0 Å². The molecule has 0 saturated heterocycles. The summed E-state index contributed by atoms with van der Waals surface area (Å²) in [5, 5.41) is 3.63. The molecule has 0 amide bonds. The Labute approximate surface area is 119 Å². The molecular formula is C16H21NOS. The number of hydrogen-bond donors (Lipinski definition) is 1. The normalized spacial score (nSPS) is 14.1. The Morgan fingerprint density at radius 3 is 2.53 bits per heavy atom. The molecule has 2 atom stereocenters. The molecule has 0 aliphatic heterocycles. The summed E-state index contributed by atoms with van der Waals surface area (Å²) in [5.74, 6) is 0.908. The Kier molecular flexibility index (Phi) is 4.61. The highest BCUT2D eigenvalue weighted by atomic mass is 32.1. The molecule has 0 radical (unpaired) electrons. The van der Waals surface area contributed by atoms with E-state index in [1.54, 1.807) is 7.11 Å². The van der Waals surface area contributed by atoms with Crippen molar-refractivity contribution < 1.29 is 4.74 Å². The lowest BCUT2D eigenvalue weighted by atomic mass is 10.1.